The van der Waals surface area contributed by atoms with Crippen molar-refractivity contribution >= 4 is 65.8 Å². The Labute approximate surface area is 346 Å². The van der Waals surface area contributed by atoms with Gasteiger partial charge >= 0.3 is 0 Å². The van der Waals surface area contributed by atoms with Crippen molar-refractivity contribution in [2.24, 2.45) is 0 Å². The third kappa shape index (κ3) is 5.94. The first-order valence-corrected chi connectivity index (χ1v) is 20.7. The molecule has 2 nitrogen and oxygen atoms in total. The lowest BCUT2D eigenvalue weighted by atomic mass is 9.82. The van der Waals surface area contributed by atoms with Crippen LogP contribution in [-0.2, 0) is 18.5 Å². The maximum Gasteiger partial charge on any atom is 0.0500 e. The van der Waals surface area contributed by atoms with Gasteiger partial charge in [-0.25, -0.2) is 0 Å². The fraction of sp³-hybridized carbons (Fsp3) is 0.0877. The monoisotopic (exact) mass is 756 g/mol. The zero-order valence-corrected chi connectivity index (χ0v) is 33.4. The molecule has 282 valence electrons. The first-order valence-electron chi connectivity index (χ1n) is 20.7. The van der Waals surface area contributed by atoms with Crippen molar-refractivity contribution in [3.8, 4) is 11.1 Å². The molecule has 1 aliphatic carbocycles. The van der Waals surface area contributed by atoms with Crippen molar-refractivity contribution in [1.29, 1.82) is 0 Å². The lowest BCUT2D eigenvalue weighted by Crippen LogP contribution is -2.20. The zero-order chi connectivity index (χ0) is 39.5. The van der Waals surface area contributed by atoms with Gasteiger partial charge < -0.3 is 9.80 Å². The van der Waals surface area contributed by atoms with E-state index in [0.717, 1.165) is 13.1 Å². The molecule has 0 bridgehead atoms. The molecule has 59 heavy (non-hydrogen) atoms. The van der Waals surface area contributed by atoms with Crippen LogP contribution in [0.4, 0.5) is 22.7 Å². The molecule has 10 aromatic rings. The molecule has 11 rings (SSSR count). The van der Waals surface area contributed by atoms with Gasteiger partial charge in [-0.2, -0.15) is 0 Å². The molecular weight excluding hydrogens is 713 g/mol. The third-order valence-electron chi connectivity index (χ3n) is 12.7. The Hall–Kier alpha value is -7.16. The smallest absolute Gasteiger partial charge is 0.0500 e. The number of hydrogen-bond donors (Lipinski definition) is 0. The van der Waals surface area contributed by atoms with Crippen LogP contribution in [0.15, 0.2) is 206 Å². The first kappa shape index (κ1) is 35.0. The molecule has 0 spiro atoms. The van der Waals surface area contributed by atoms with Crippen LogP contribution in [0.3, 0.4) is 0 Å². The van der Waals surface area contributed by atoms with E-state index in [9.17, 15) is 0 Å². The summed E-state index contributed by atoms with van der Waals surface area (Å²) in [5, 5.41) is 10.1. The van der Waals surface area contributed by atoms with Gasteiger partial charge in [-0.15, -0.1) is 0 Å². The Morgan fingerprint density at radius 2 is 0.695 bits per heavy atom. The fourth-order valence-corrected chi connectivity index (χ4v) is 9.73. The number of hydrogen-bond acceptors (Lipinski definition) is 2. The Kier molecular flexibility index (Phi) is 8.34. The van der Waals surface area contributed by atoms with E-state index >= 15 is 0 Å². The van der Waals surface area contributed by atoms with Crippen molar-refractivity contribution in [3.05, 3.63) is 229 Å². The summed E-state index contributed by atoms with van der Waals surface area (Å²) < 4.78 is 0. The van der Waals surface area contributed by atoms with E-state index in [4.69, 9.17) is 0 Å². The summed E-state index contributed by atoms with van der Waals surface area (Å²) in [4.78, 5) is 5.06. The van der Waals surface area contributed by atoms with E-state index in [1.54, 1.807) is 0 Å². The molecule has 0 radical (unpaired) electrons. The van der Waals surface area contributed by atoms with Crippen LogP contribution in [0, 0.1) is 0 Å². The minimum Gasteiger partial charge on any atom is -0.336 e. The molecule has 2 heteroatoms. The molecule has 0 saturated heterocycles. The van der Waals surface area contributed by atoms with Gasteiger partial charge in [0.05, 0.1) is 0 Å². The fourth-order valence-electron chi connectivity index (χ4n) is 9.73. The molecule has 0 N–H and O–H groups in total. The summed E-state index contributed by atoms with van der Waals surface area (Å²) in [5.74, 6) is 0. The van der Waals surface area contributed by atoms with Crippen LogP contribution < -0.4 is 9.80 Å². The number of anilines is 4. The zero-order valence-electron chi connectivity index (χ0n) is 33.4. The molecule has 0 amide bonds. The maximum absolute atomic E-state index is 2.53. The maximum atomic E-state index is 2.53. The Bertz CT molecular complexity index is 2980. The largest absolute Gasteiger partial charge is 0.336 e. The summed E-state index contributed by atoms with van der Waals surface area (Å²) >= 11 is 0. The van der Waals surface area contributed by atoms with E-state index in [1.807, 2.05) is 0 Å². The lowest BCUT2D eigenvalue weighted by molar-refractivity contribution is 0.660. The van der Waals surface area contributed by atoms with Gasteiger partial charge in [0.15, 0.2) is 0 Å². The normalized spacial score (nSPS) is 12.8. The number of rotatable bonds is 8. The van der Waals surface area contributed by atoms with Gasteiger partial charge in [-0.05, 0) is 102 Å². The first-order chi connectivity index (χ1) is 29.0. The predicted octanol–water partition coefficient (Wildman–Crippen LogP) is 15.3. The number of nitrogens with zero attached hydrogens (tertiary/aromatic N) is 2. The van der Waals surface area contributed by atoms with Crippen molar-refractivity contribution in [3.63, 3.8) is 0 Å². The van der Waals surface area contributed by atoms with Gasteiger partial charge in [-0.1, -0.05) is 184 Å². The average molecular weight is 757 g/mol. The van der Waals surface area contributed by atoms with Crippen LogP contribution >= 0.6 is 0 Å². The van der Waals surface area contributed by atoms with Crippen molar-refractivity contribution in [2.45, 2.75) is 32.4 Å². The van der Waals surface area contributed by atoms with E-state index in [0.29, 0.717) is 0 Å². The highest BCUT2D eigenvalue weighted by Crippen LogP contribution is 2.52. The van der Waals surface area contributed by atoms with Crippen LogP contribution in [0.25, 0.3) is 54.2 Å². The quantitative estimate of drug-likeness (QED) is 0.142. The highest BCUT2D eigenvalue weighted by molar-refractivity contribution is 6.15. The molecule has 0 unspecified atom stereocenters. The van der Waals surface area contributed by atoms with Gasteiger partial charge in [0.2, 0.25) is 0 Å². The molecule has 1 aliphatic rings. The standard InChI is InChI=1S/C57H44N2/c1-57(2)53-35-43(58(37-39-17-5-3-6-18-39)55-33-41-21-9-11-23-45(41)47-25-13-15-27-51(47)55)29-31-49(53)50-32-30-44(36-54(50)57)59(38-40-19-7-4-8-20-40)56-34-42-22-10-12-24-46(42)48-26-14-16-28-52(48)56/h3-36H,37-38H2,1-2H3. The predicted molar refractivity (Wildman–Crippen MR) is 251 cm³/mol. The topological polar surface area (TPSA) is 6.48 Å². The van der Waals surface area contributed by atoms with Gasteiger partial charge in [0.1, 0.15) is 0 Å². The Balaban J connectivity index is 1.05. The SMILES string of the molecule is CC1(C)c2cc(N(Cc3ccccc3)c3cc4ccccc4c4ccccc34)ccc2-c2ccc(N(Cc3ccccc3)c3cc4ccccc4c4ccccc34)cc21. The van der Waals surface area contributed by atoms with E-state index in [2.05, 4.69) is 230 Å². The summed E-state index contributed by atoms with van der Waals surface area (Å²) in [7, 11) is 0. The molecule has 0 atom stereocenters. The van der Waals surface area contributed by atoms with Crippen molar-refractivity contribution < 1.29 is 0 Å². The molecule has 0 aromatic heterocycles. The summed E-state index contributed by atoms with van der Waals surface area (Å²) in [6.45, 7) is 6.33. The number of benzene rings is 10. The van der Waals surface area contributed by atoms with Crippen molar-refractivity contribution in [2.75, 3.05) is 9.80 Å². The highest BCUT2D eigenvalue weighted by Gasteiger charge is 2.37. The summed E-state index contributed by atoms with van der Waals surface area (Å²) in [5.41, 5.74) is 12.5. The molecule has 0 aliphatic heterocycles. The van der Waals surface area contributed by atoms with Crippen molar-refractivity contribution in [1.82, 2.24) is 0 Å². The molecule has 10 aromatic carbocycles. The van der Waals surface area contributed by atoms with E-state index in [-0.39, 0.29) is 5.41 Å². The molecular formula is C57H44N2. The van der Waals surface area contributed by atoms with E-state index < -0.39 is 0 Å². The second kappa shape index (κ2) is 14.0. The molecule has 0 heterocycles. The van der Waals surface area contributed by atoms with Crippen LogP contribution in [0.5, 0.6) is 0 Å². The molecule has 0 fully saturated rings. The second-order valence-electron chi connectivity index (χ2n) is 16.6. The summed E-state index contributed by atoms with van der Waals surface area (Å²) in [6, 6.07) is 76.2. The number of fused-ring (bicyclic) bond motifs is 9. The van der Waals surface area contributed by atoms with Gasteiger partial charge in [0.25, 0.3) is 0 Å². The molecule has 0 saturated carbocycles. The second-order valence-corrected chi connectivity index (χ2v) is 16.6. The summed E-state index contributed by atoms with van der Waals surface area (Å²) in [6.07, 6.45) is 0. The Morgan fingerprint density at radius 3 is 1.12 bits per heavy atom. The Morgan fingerprint density at radius 1 is 0.339 bits per heavy atom. The van der Waals surface area contributed by atoms with Crippen LogP contribution in [0.2, 0.25) is 0 Å². The third-order valence-corrected chi connectivity index (χ3v) is 12.7. The minimum atomic E-state index is -0.232. The minimum absolute atomic E-state index is 0.232. The van der Waals surface area contributed by atoms with Gasteiger partial charge in [-0.3, -0.25) is 0 Å². The average Bonchev–Trinajstić information content (AvgIpc) is 3.52. The van der Waals surface area contributed by atoms with Gasteiger partial charge in [0, 0.05) is 52.0 Å². The van der Waals surface area contributed by atoms with Crippen LogP contribution in [0.1, 0.15) is 36.1 Å². The lowest BCUT2D eigenvalue weighted by Gasteiger charge is -2.30. The van der Waals surface area contributed by atoms with E-state index in [1.165, 1.54) is 99.2 Å². The highest BCUT2D eigenvalue weighted by atomic mass is 15.1. The van der Waals surface area contributed by atoms with Crippen LogP contribution in [-0.4, -0.2) is 0 Å².